The van der Waals surface area contributed by atoms with Gasteiger partial charge in [0.2, 0.25) is 0 Å². The number of rotatable bonds is 13. The number of halogens is 3. The summed E-state index contributed by atoms with van der Waals surface area (Å²) in [5.41, 5.74) is 5.34. The number of nitrogens with one attached hydrogen (secondary N) is 1. The first-order valence-corrected chi connectivity index (χ1v) is 17.2. The Morgan fingerprint density at radius 2 is 1.92 bits per heavy atom. The van der Waals surface area contributed by atoms with Crippen LogP contribution in [-0.2, 0) is 0 Å². The maximum Gasteiger partial charge on any atom is 0.151 e. The van der Waals surface area contributed by atoms with Crippen molar-refractivity contribution in [1.82, 2.24) is 24.6 Å². The van der Waals surface area contributed by atoms with E-state index in [9.17, 15) is 8.78 Å². The highest BCUT2D eigenvalue weighted by Gasteiger charge is 2.38. The molecule has 4 atom stereocenters. The molecular weight excluding hydrogens is 637 g/mol. The van der Waals surface area contributed by atoms with Crippen LogP contribution < -0.4 is 10.2 Å². The maximum atomic E-state index is 15.0. The van der Waals surface area contributed by atoms with Gasteiger partial charge in [0.1, 0.15) is 23.1 Å². The molecule has 2 fully saturated rings. The van der Waals surface area contributed by atoms with Gasteiger partial charge in [-0.3, -0.25) is 9.89 Å². The van der Waals surface area contributed by atoms with E-state index < -0.39 is 17.5 Å². The van der Waals surface area contributed by atoms with Gasteiger partial charge in [-0.1, -0.05) is 18.2 Å². The minimum absolute atomic E-state index is 0.00850. The molecule has 0 bridgehead atoms. The Labute approximate surface area is 292 Å². The van der Waals surface area contributed by atoms with Gasteiger partial charge in [-0.25, -0.2) is 22.8 Å². The van der Waals surface area contributed by atoms with Crippen LogP contribution in [0.2, 0.25) is 0 Å². The number of likely N-dealkylation sites (tertiary alicyclic amines) is 1. The van der Waals surface area contributed by atoms with E-state index in [-0.39, 0.29) is 17.8 Å². The number of allylic oxidation sites excluding steroid dienone is 1. The van der Waals surface area contributed by atoms with Gasteiger partial charge < -0.3 is 15.1 Å². The van der Waals surface area contributed by atoms with Crippen LogP contribution >= 0.6 is 0 Å². The molecule has 2 aliphatic heterocycles. The Morgan fingerprint density at radius 1 is 1.12 bits per heavy atom. The fourth-order valence-electron chi connectivity index (χ4n) is 7.24. The van der Waals surface area contributed by atoms with E-state index in [0.29, 0.717) is 41.4 Å². The van der Waals surface area contributed by atoms with Gasteiger partial charge in [-0.05, 0) is 78.1 Å². The quantitative estimate of drug-likeness (QED) is 0.0876. The van der Waals surface area contributed by atoms with E-state index in [1.54, 1.807) is 6.20 Å². The number of anilines is 2. The summed E-state index contributed by atoms with van der Waals surface area (Å²) in [6.07, 6.45) is 6.42. The zero-order chi connectivity index (χ0) is 35.7. The van der Waals surface area contributed by atoms with Crippen LogP contribution in [0, 0.1) is 24.4 Å². The van der Waals surface area contributed by atoms with Crippen LogP contribution in [0.5, 0.6) is 0 Å². The molecule has 4 aromatic rings. The lowest BCUT2D eigenvalue weighted by molar-refractivity contribution is 0.420. The van der Waals surface area contributed by atoms with Gasteiger partial charge in [0, 0.05) is 79.3 Å². The Balaban J connectivity index is 1.25. The lowest BCUT2D eigenvalue weighted by Gasteiger charge is -2.28. The van der Waals surface area contributed by atoms with Crippen LogP contribution in [0.15, 0.2) is 78.5 Å². The SMILES string of the molecule is C=CC1CC(Nc2cccc(-c3cc(F)cc(N=C)c3N(CC)CC3CN3C(C)C)n2)CN1/C(=C/C)c1cnn(-c2ccc(F)cc2F)c1C. The molecule has 4 unspecified atom stereocenters. The molecule has 50 heavy (non-hydrogen) atoms. The molecule has 8 nitrogen and oxygen atoms in total. The summed E-state index contributed by atoms with van der Waals surface area (Å²) in [4.78, 5) is 16.2. The summed E-state index contributed by atoms with van der Waals surface area (Å²) >= 11 is 0. The van der Waals surface area contributed by atoms with Crippen LogP contribution in [0.3, 0.4) is 0 Å². The molecule has 262 valence electrons. The number of benzene rings is 2. The van der Waals surface area contributed by atoms with Gasteiger partial charge in [0.15, 0.2) is 5.82 Å². The highest BCUT2D eigenvalue weighted by Crippen LogP contribution is 2.41. The summed E-state index contributed by atoms with van der Waals surface area (Å²) in [6.45, 7) is 21.4. The van der Waals surface area contributed by atoms with Crippen LogP contribution in [0.25, 0.3) is 22.6 Å². The molecule has 0 aliphatic carbocycles. The minimum Gasteiger partial charge on any atom is -0.368 e. The molecule has 2 aliphatic rings. The summed E-state index contributed by atoms with van der Waals surface area (Å²) in [5.74, 6) is -1.04. The number of aromatic nitrogens is 3. The Morgan fingerprint density at radius 3 is 2.58 bits per heavy atom. The molecule has 2 aromatic carbocycles. The zero-order valence-electron chi connectivity index (χ0n) is 29.4. The van der Waals surface area contributed by atoms with Crippen molar-refractivity contribution in [2.24, 2.45) is 4.99 Å². The highest BCUT2D eigenvalue weighted by molar-refractivity contribution is 5.86. The Bertz CT molecular complexity index is 1920. The third-order valence-electron chi connectivity index (χ3n) is 9.77. The van der Waals surface area contributed by atoms with Gasteiger partial charge in [0.05, 0.1) is 29.0 Å². The topological polar surface area (TPSA) is 64.6 Å². The summed E-state index contributed by atoms with van der Waals surface area (Å²) in [6, 6.07) is 13.1. The van der Waals surface area contributed by atoms with E-state index in [0.717, 1.165) is 54.8 Å². The molecule has 6 rings (SSSR count). The molecule has 2 aromatic heterocycles. The fourth-order valence-corrected chi connectivity index (χ4v) is 7.24. The molecule has 11 heteroatoms. The Kier molecular flexibility index (Phi) is 10.2. The minimum atomic E-state index is -0.681. The molecular formula is C39H45F3N8. The lowest BCUT2D eigenvalue weighted by Crippen LogP contribution is -2.30. The first-order chi connectivity index (χ1) is 24.1. The third-order valence-corrected chi connectivity index (χ3v) is 9.77. The van der Waals surface area contributed by atoms with Gasteiger partial charge in [-0.2, -0.15) is 5.10 Å². The second kappa shape index (κ2) is 14.5. The number of nitrogens with zero attached hydrogens (tertiary/aromatic N) is 7. The van der Waals surface area contributed by atoms with Crippen molar-refractivity contribution in [3.05, 3.63) is 102 Å². The number of hydrogen-bond acceptors (Lipinski definition) is 7. The summed E-state index contributed by atoms with van der Waals surface area (Å²) in [7, 11) is 0. The third kappa shape index (κ3) is 6.92. The van der Waals surface area contributed by atoms with Crippen LogP contribution in [0.4, 0.5) is 30.4 Å². The molecule has 0 spiro atoms. The smallest absolute Gasteiger partial charge is 0.151 e. The predicted molar refractivity (Wildman–Crippen MR) is 197 cm³/mol. The summed E-state index contributed by atoms with van der Waals surface area (Å²) < 4.78 is 44.8. The second-order valence-electron chi connectivity index (χ2n) is 13.2. The highest BCUT2D eigenvalue weighted by atomic mass is 19.1. The van der Waals surface area contributed by atoms with E-state index >= 15 is 4.39 Å². The van der Waals surface area contributed by atoms with E-state index in [4.69, 9.17) is 4.98 Å². The van der Waals surface area contributed by atoms with Crippen LogP contribution in [0.1, 0.15) is 45.4 Å². The molecule has 1 N–H and O–H groups in total. The van der Waals surface area contributed by atoms with Crippen molar-refractivity contribution in [2.45, 2.75) is 65.2 Å². The number of pyridine rings is 1. The molecule has 2 saturated heterocycles. The monoisotopic (exact) mass is 682 g/mol. The van der Waals surface area contributed by atoms with Crippen LogP contribution in [-0.4, -0.2) is 81.6 Å². The maximum absolute atomic E-state index is 15.0. The molecule has 0 radical (unpaired) electrons. The van der Waals surface area contributed by atoms with E-state index in [2.05, 4.69) is 64.2 Å². The molecule has 0 saturated carbocycles. The van der Waals surface area contributed by atoms with Gasteiger partial charge in [0.25, 0.3) is 0 Å². The first-order valence-electron chi connectivity index (χ1n) is 17.2. The fraction of sp³-hybridized carbons (Fsp3) is 0.359. The van der Waals surface area contributed by atoms with Crippen molar-refractivity contribution in [3.8, 4) is 16.9 Å². The normalized spacial score (nSPS) is 20.3. The van der Waals surface area contributed by atoms with Crippen molar-refractivity contribution in [1.29, 1.82) is 0 Å². The van der Waals surface area contributed by atoms with Crippen molar-refractivity contribution in [3.63, 3.8) is 0 Å². The average Bonchev–Trinajstić information content (AvgIpc) is 3.63. The number of aliphatic imine (C=N–C) groups is 1. The molecule has 4 heterocycles. The predicted octanol–water partition coefficient (Wildman–Crippen LogP) is 8.01. The zero-order valence-corrected chi connectivity index (χ0v) is 29.4. The van der Waals surface area contributed by atoms with Gasteiger partial charge >= 0.3 is 0 Å². The first kappa shape index (κ1) is 34.9. The lowest BCUT2D eigenvalue weighted by atomic mass is 10.0. The van der Waals surface area contributed by atoms with E-state index in [1.165, 1.54) is 28.9 Å². The van der Waals surface area contributed by atoms with Gasteiger partial charge in [-0.15, -0.1) is 6.58 Å². The van der Waals surface area contributed by atoms with Crippen molar-refractivity contribution >= 4 is 29.6 Å². The number of hydrogen-bond donors (Lipinski definition) is 1. The Hall–Kier alpha value is -4.90. The van der Waals surface area contributed by atoms with Crippen molar-refractivity contribution < 1.29 is 13.2 Å². The largest absolute Gasteiger partial charge is 0.368 e. The van der Waals surface area contributed by atoms with E-state index in [1.807, 2.05) is 44.2 Å². The summed E-state index contributed by atoms with van der Waals surface area (Å²) in [5, 5.41) is 8.08. The molecule has 0 amide bonds. The average molecular weight is 683 g/mol. The standard InChI is InChI=1S/C39H45F3N8/c1-8-29-19-28(21-49(29)36(9-2)32-20-44-50(25(32)6)37-15-14-26(40)17-33(37)42)45-38-13-11-12-34(46-38)31-16-27(41)18-35(43-7)39(31)47(10-3)22-30-23-48(30)24(4)5/h8-9,11-18,20,24,28-30H,1,7,10,19,21-23H2,2-6H3,(H,45,46)/b36-9+. The number of likely N-dealkylation sites (N-methyl/N-ethyl adjacent to an activating group) is 1. The second-order valence-corrected chi connectivity index (χ2v) is 13.2. The van der Waals surface area contributed by atoms with Crippen molar-refractivity contribution in [2.75, 3.05) is 36.4 Å².